The number of halogens is 1. The molecule has 1 aromatic carbocycles. The molecule has 0 aliphatic heterocycles. The predicted octanol–water partition coefficient (Wildman–Crippen LogP) is 2.28. The Morgan fingerprint density at radius 2 is 2.11 bits per heavy atom. The first-order valence-electron chi connectivity index (χ1n) is 6.72. The van der Waals surface area contributed by atoms with Crippen LogP contribution in [0.5, 0.6) is 0 Å². The van der Waals surface area contributed by atoms with Gasteiger partial charge in [-0.05, 0) is 24.0 Å². The second kappa shape index (κ2) is 7.89. The van der Waals surface area contributed by atoms with Crippen LogP contribution in [-0.4, -0.2) is 23.7 Å². The van der Waals surface area contributed by atoms with Crippen molar-refractivity contribution >= 4 is 5.91 Å². The number of nitrogens with one attached hydrogen (secondary N) is 1. The molecule has 0 fully saturated rings. The topological polar surface area (TPSA) is 49.3 Å². The summed E-state index contributed by atoms with van der Waals surface area (Å²) >= 11 is 0. The molecule has 1 amide bonds. The van der Waals surface area contributed by atoms with Gasteiger partial charge in [0.2, 0.25) is 5.91 Å². The van der Waals surface area contributed by atoms with Crippen LogP contribution in [0.2, 0.25) is 0 Å². The monoisotopic (exact) mass is 267 g/mol. The van der Waals surface area contributed by atoms with Crippen molar-refractivity contribution in [3.8, 4) is 0 Å². The molecule has 0 spiro atoms. The van der Waals surface area contributed by atoms with Crippen LogP contribution in [0.4, 0.5) is 4.39 Å². The smallest absolute Gasteiger partial charge is 0.220 e. The highest BCUT2D eigenvalue weighted by Crippen LogP contribution is 2.09. The van der Waals surface area contributed by atoms with E-state index in [0.717, 1.165) is 6.42 Å². The number of aliphatic hydroxyl groups excluding tert-OH is 1. The van der Waals surface area contributed by atoms with Crippen molar-refractivity contribution in [3.05, 3.63) is 35.6 Å². The maximum absolute atomic E-state index is 13.3. The molecular formula is C15H22FNO2. The van der Waals surface area contributed by atoms with Crippen molar-refractivity contribution in [3.63, 3.8) is 0 Å². The number of hydrogen-bond donors (Lipinski definition) is 2. The molecule has 0 aliphatic carbocycles. The zero-order valence-electron chi connectivity index (χ0n) is 11.5. The normalized spacial score (nSPS) is 13.9. The molecular weight excluding hydrogens is 245 g/mol. The first-order valence-corrected chi connectivity index (χ1v) is 6.72. The van der Waals surface area contributed by atoms with E-state index >= 15 is 0 Å². The Morgan fingerprint density at radius 1 is 1.42 bits per heavy atom. The predicted molar refractivity (Wildman–Crippen MR) is 73.2 cm³/mol. The van der Waals surface area contributed by atoms with Crippen molar-refractivity contribution in [2.75, 3.05) is 6.54 Å². The van der Waals surface area contributed by atoms with Gasteiger partial charge in [0.15, 0.2) is 0 Å². The first kappa shape index (κ1) is 15.6. The summed E-state index contributed by atoms with van der Waals surface area (Å²) in [5.41, 5.74) is 0.542. The second-order valence-electron chi connectivity index (χ2n) is 4.85. The van der Waals surface area contributed by atoms with Crippen LogP contribution in [-0.2, 0) is 11.2 Å². The van der Waals surface area contributed by atoms with Crippen LogP contribution in [0, 0.1) is 11.7 Å². The van der Waals surface area contributed by atoms with Crippen LogP contribution in [0.1, 0.15) is 32.3 Å². The van der Waals surface area contributed by atoms with Gasteiger partial charge in [0.05, 0.1) is 6.10 Å². The third-order valence-electron chi connectivity index (χ3n) is 3.39. The zero-order chi connectivity index (χ0) is 14.3. The maximum atomic E-state index is 13.3. The Morgan fingerprint density at radius 3 is 2.74 bits per heavy atom. The maximum Gasteiger partial charge on any atom is 0.220 e. The van der Waals surface area contributed by atoms with Gasteiger partial charge >= 0.3 is 0 Å². The van der Waals surface area contributed by atoms with Gasteiger partial charge in [-0.1, -0.05) is 38.5 Å². The quantitative estimate of drug-likeness (QED) is 0.796. The molecule has 19 heavy (non-hydrogen) atoms. The van der Waals surface area contributed by atoms with Crippen molar-refractivity contribution < 1.29 is 14.3 Å². The molecule has 4 heteroatoms. The Bertz CT molecular complexity index is 409. The minimum absolute atomic E-state index is 0.159. The van der Waals surface area contributed by atoms with Gasteiger partial charge in [0.25, 0.3) is 0 Å². The number of carbonyl (C=O) groups excluding carboxylic acids is 1. The Balaban J connectivity index is 2.31. The first-order chi connectivity index (χ1) is 9.04. The molecule has 1 rings (SSSR count). The Hall–Kier alpha value is -1.42. The van der Waals surface area contributed by atoms with Crippen LogP contribution >= 0.6 is 0 Å². The number of aryl methyl sites for hydroxylation is 1. The number of aliphatic hydroxyl groups is 1. The molecule has 3 nitrogen and oxygen atoms in total. The summed E-state index contributed by atoms with van der Waals surface area (Å²) in [7, 11) is 0. The SMILES string of the molecule is CCC(C)C(O)CNC(=O)CCc1ccccc1F. The lowest BCUT2D eigenvalue weighted by atomic mass is 10.0. The fourth-order valence-corrected chi connectivity index (χ4v) is 1.73. The fraction of sp³-hybridized carbons (Fsp3) is 0.533. The van der Waals surface area contributed by atoms with Crippen LogP contribution in [0.3, 0.4) is 0 Å². The van der Waals surface area contributed by atoms with E-state index in [0.29, 0.717) is 12.0 Å². The Kier molecular flexibility index (Phi) is 6.50. The third kappa shape index (κ3) is 5.39. The van der Waals surface area contributed by atoms with E-state index in [1.165, 1.54) is 6.07 Å². The molecule has 0 radical (unpaired) electrons. The van der Waals surface area contributed by atoms with E-state index < -0.39 is 6.10 Å². The van der Waals surface area contributed by atoms with Gasteiger partial charge < -0.3 is 10.4 Å². The molecule has 0 heterocycles. The van der Waals surface area contributed by atoms with Crippen molar-refractivity contribution in [1.29, 1.82) is 0 Å². The minimum Gasteiger partial charge on any atom is -0.391 e. The molecule has 1 aromatic rings. The molecule has 2 unspecified atom stereocenters. The van der Waals surface area contributed by atoms with E-state index in [2.05, 4.69) is 5.32 Å². The minimum atomic E-state index is -0.526. The number of rotatable bonds is 7. The standard InChI is InChI=1S/C15H22FNO2/c1-3-11(2)14(18)10-17-15(19)9-8-12-6-4-5-7-13(12)16/h4-7,11,14,18H,3,8-10H2,1-2H3,(H,17,19). The number of carbonyl (C=O) groups is 1. The highest BCUT2D eigenvalue weighted by molar-refractivity contribution is 5.76. The van der Waals surface area contributed by atoms with Crippen LogP contribution in [0.25, 0.3) is 0 Å². The second-order valence-corrected chi connectivity index (χ2v) is 4.85. The number of hydrogen-bond acceptors (Lipinski definition) is 2. The highest BCUT2D eigenvalue weighted by Gasteiger charge is 2.13. The van der Waals surface area contributed by atoms with Gasteiger partial charge in [0, 0.05) is 13.0 Å². The summed E-state index contributed by atoms with van der Waals surface area (Å²) in [6.45, 7) is 4.19. The van der Waals surface area contributed by atoms with E-state index in [1.54, 1.807) is 18.2 Å². The highest BCUT2D eigenvalue weighted by atomic mass is 19.1. The summed E-state index contributed by atoms with van der Waals surface area (Å²) in [4.78, 5) is 11.6. The summed E-state index contributed by atoms with van der Waals surface area (Å²) in [5.74, 6) is -0.285. The summed E-state index contributed by atoms with van der Waals surface area (Å²) in [6, 6.07) is 6.45. The van der Waals surface area contributed by atoms with Gasteiger partial charge in [-0.15, -0.1) is 0 Å². The lowest BCUT2D eigenvalue weighted by Crippen LogP contribution is -2.35. The molecule has 0 saturated carbocycles. The Labute approximate surface area is 113 Å². The van der Waals surface area contributed by atoms with Crippen LogP contribution < -0.4 is 5.32 Å². The zero-order valence-corrected chi connectivity index (χ0v) is 11.5. The lowest BCUT2D eigenvalue weighted by molar-refractivity contribution is -0.121. The number of benzene rings is 1. The van der Waals surface area contributed by atoms with E-state index in [1.807, 2.05) is 13.8 Å². The lowest BCUT2D eigenvalue weighted by Gasteiger charge is -2.17. The largest absolute Gasteiger partial charge is 0.391 e. The van der Waals surface area contributed by atoms with Crippen molar-refractivity contribution in [2.24, 2.45) is 5.92 Å². The van der Waals surface area contributed by atoms with Crippen molar-refractivity contribution in [2.45, 2.75) is 39.2 Å². The fourth-order valence-electron chi connectivity index (χ4n) is 1.73. The molecule has 0 saturated heterocycles. The van der Waals surface area contributed by atoms with Gasteiger partial charge in [-0.3, -0.25) is 4.79 Å². The molecule has 2 N–H and O–H groups in total. The summed E-state index contributed by atoms with van der Waals surface area (Å²) in [5, 5.41) is 12.4. The molecule has 106 valence electrons. The number of amides is 1. The average molecular weight is 267 g/mol. The van der Waals surface area contributed by atoms with Gasteiger partial charge in [-0.2, -0.15) is 0 Å². The average Bonchev–Trinajstić information content (AvgIpc) is 2.42. The van der Waals surface area contributed by atoms with Gasteiger partial charge in [-0.25, -0.2) is 4.39 Å². The molecule has 0 bridgehead atoms. The summed E-state index contributed by atoms with van der Waals surface area (Å²) < 4.78 is 13.3. The van der Waals surface area contributed by atoms with Crippen molar-refractivity contribution in [1.82, 2.24) is 5.32 Å². The third-order valence-corrected chi connectivity index (χ3v) is 3.39. The van der Waals surface area contributed by atoms with Crippen LogP contribution in [0.15, 0.2) is 24.3 Å². The molecule has 0 aromatic heterocycles. The van der Waals surface area contributed by atoms with E-state index in [9.17, 15) is 14.3 Å². The molecule has 0 aliphatic rings. The van der Waals surface area contributed by atoms with Gasteiger partial charge in [0.1, 0.15) is 5.82 Å². The van der Waals surface area contributed by atoms with E-state index in [-0.39, 0.29) is 30.6 Å². The molecule has 2 atom stereocenters. The summed E-state index contributed by atoms with van der Waals surface area (Å²) in [6.07, 6.45) is 0.945. The van der Waals surface area contributed by atoms with E-state index in [4.69, 9.17) is 0 Å².